The third-order valence-corrected chi connectivity index (χ3v) is 17.2. The molecule has 0 amide bonds. The Labute approximate surface area is 527 Å². The van der Waals surface area contributed by atoms with Gasteiger partial charge in [-0.25, -0.2) is 19.9 Å². The van der Waals surface area contributed by atoms with Gasteiger partial charge in [-0.3, -0.25) is 0 Å². The minimum Gasteiger partial charge on any atom is -0.308 e. The summed E-state index contributed by atoms with van der Waals surface area (Å²) in [6.07, 6.45) is -4.87. The molecule has 6 heterocycles. The summed E-state index contributed by atoms with van der Waals surface area (Å²) in [6.45, 7) is 0. The van der Waals surface area contributed by atoms with Crippen molar-refractivity contribution in [2.75, 3.05) is 0 Å². The number of halogens is 3. The van der Waals surface area contributed by atoms with E-state index in [9.17, 15) is 5.26 Å². The second-order valence-corrected chi connectivity index (χ2v) is 22.8. The zero-order valence-electron chi connectivity index (χ0n) is 49.1. The molecule has 16 rings (SSSR count). The van der Waals surface area contributed by atoms with Crippen molar-refractivity contribution in [3.05, 3.63) is 314 Å². The number of pyridine rings is 4. The summed E-state index contributed by atoms with van der Waals surface area (Å²) in [5.74, 6) is 0. The molecule has 0 radical (unpaired) electrons. The van der Waals surface area contributed by atoms with Crippen LogP contribution in [0.3, 0.4) is 0 Å². The van der Waals surface area contributed by atoms with Crippen molar-refractivity contribution in [3.63, 3.8) is 0 Å². The molecule has 0 unspecified atom stereocenters. The van der Waals surface area contributed by atoms with Gasteiger partial charge in [0.1, 0.15) is 0 Å². The van der Waals surface area contributed by atoms with E-state index in [2.05, 4.69) is 6.07 Å². The van der Waals surface area contributed by atoms with Crippen molar-refractivity contribution in [2.45, 2.75) is 6.18 Å². The fourth-order valence-corrected chi connectivity index (χ4v) is 12.8. The van der Waals surface area contributed by atoms with Gasteiger partial charge in [-0.2, -0.15) is 18.4 Å². The third-order valence-electron chi connectivity index (χ3n) is 17.2. The van der Waals surface area contributed by atoms with Gasteiger partial charge in [0.2, 0.25) is 0 Å². The average molecular weight is 1190 g/mol. The summed E-state index contributed by atoms with van der Waals surface area (Å²) in [7, 11) is 0. The lowest BCUT2D eigenvalue weighted by molar-refractivity contribution is -0.137. The molecule has 0 aliphatic rings. The highest BCUT2D eigenvalue weighted by Gasteiger charge is 2.35. The molecule has 92 heavy (non-hydrogen) atoms. The van der Waals surface area contributed by atoms with Gasteiger partial charge in [-0.15, -0.1) is 0 Å². The maximum atomic E-state index is 16.7. The van der Waals surface area contributed by atoms with E-state index in [1.54, 1.807) is 18.2 Å². The first-order chi connectivity index (χ1) is 45.2. The molecule has 7 nitrogen and oxygen atoms in total. The van der Waals surface area contributed by atoms with Crippen LogP contribution >= 0.6 is 0 Å². The molecular weight excluding hydrogens is 1140 g/mol. The molecule has 434 valence electrons. The van der Waals surface area contributed by atoms with E-state index in [4.69, 9.17) is 19.9 Å². The highest BCUT2D eigenvalue weighted by atomic mass is 19.4. The molecule has 10 aromatic carbocycles. The number of hydrogen-bond acceptors (Lipinski definition) is 5. The van der Waals surface area contributed by atoms with E-state index in [1.165, 1.54) is 12.1 Å². The standard InChI is InChI=1S/C82H50F3N7/c83-82(84,85)62-49-79(91-75-45-57(71-32-14-28-67(87-71)53-19-5-1-6-20-53)36-40-63(75)64-41-37-58(46-76(64)91)72-33-15-29-68(88-72)54-21-7-2-8-22-54)81(61-27-13-18-52(44-61)51-86)80(50-62)92-77-47-59(73-34-16-30-69(89-73)55-23-9-3-10-24-55)38-42-65(77)66-43-39-60(48-78(66)92)74-35-17-31-70(90-74)56-25-11-4-12-26-56/h1-50H. The summed E-state index contributed by atoms with van der Waals surface area (Å²) in [5, 5.41) is 13.9. The smallest absolute Gasteiger partial charge is 0.308 e. The molecule has 6 aromatic heterocycles. The first kappa shape index (κ1) is 55.0. The van der Waals surface area contributed by atoms with Crippen LogP contribution in [0.1, 0.15) is 11.1 Å². The van der Waals surface area contributed by atoms with Crippen molar-refractivity contribution < 1.29 is 13.2 Å². The predicted molar refractivity (Wildman–Crippen MR) is 365 cm³/mol. The van der Waals surface area contributed by atoms with Gasteiger partial charge in [0.25, 0.3) is 0 Å². The second kappa shape index (κ2) is 22.7. The van der Waals surface area contributed by atoms with Crippen LogP contribution in [0.5, 0.6) is 0 Å². The van der Waals surface area contributed by atoms with Gasteiger partial charge < -0.3 is 9.13 Å². The maximum absolute atomic E-state index is 16.7. The van der Waals surface area contributed by atoms with Crippen LogP contribution in [0.15, 0.2) is 303 Å². The monoisotopic (exact) mass is 1190 g/mol. The van der Waals surface area contributed by atoms with E-state index >= 15 is 13.2 Å². The number of aromatic nitrogens is 6. The van der Waals surface area contributed by atoms with E-state index in [0.29, 0.717) is 61.5 Å². The molecule has 0 aliphatic heterocycles. The third kappa shape index (κ3) is 10.0. The van der Waals surface area contributed by atoms with Crippen molar-refractivity contribution in [1.82, 2.24) is 29.1 Å². The van der Waals surface area contributed by atoms with E-state index in [-0.39, 0.29) is 11.4 Å². The summed E-state index contributed by atoms with van der Waals surface area (Å²) in [4.78, 5) is 20.8. The Kier molecular flexibility index (Phi) is 13.6. The number of nitriles is 1. The number of nitrogens with zero attached hydrogens (tertiary/aromatic N) is 7. The molecule has 0 aliphatic carbocycles. The Morgan fingerprint density at radius 2 is 0.543 bits per heavy atom. The lowest BCUT2D eigenvalue weighted by Crippen LogP contribution is -2.11. The predicted octanol–water partition coefficient (Wildman–Crippen LogP) is 21.4. The molecule has 10 heteroatoms. The van der Waals surface area contributed by atoms with Crippen LogP contribution in [0.2, 0.25) is 0 Å². The minimum absolute atomic E-state index is 0.230. The zero-order valence-corrected chi connectivity index (χ0v) is 49.1. The first-order valence-electron chi connectivity index (χ1n) is 30.2. The van der Waals surface area contributed by atoms with Gasteiger partial charge in [-0.1, -0.05) is 206 Å². The van der Waals surface area contributed by atoms with Gasteiger partial charge in [0.15, 0.2) is 0 Å². The Morgan fingerprint density at radius 1 is 0.272 bits per heavy atom. The fourth-order valence-electron chi connectivity index (χ4n) is 12.8. The van der Waals surface area contributed by atoms with Gasteiger partial charge in [0, 0.05) is 71.6 Å². The fraction of sp³-hybridized carbons (Fsp3) is 0.0122. The SMILES string of the molecule is N#Cc1cccc(-c2c(-n3c4cc(-c5cccc(-c6ccccc6)n5)ccc4c4ccc(-c5cccc(-c6ccccc6)n5)cc43)cc(C(F)(F)F)cc2-n2c3cc(-c4cccc(-c5ccccc5)n4)ccc3c3ccc(-c4cccc(-c5ccccc5)n4)cc32)c1. The van der Waals surface area contributed by atoms with Gasteiger partial charge in [-0.05, 0) is 103 Å². The number of rotatable bonds is 11. The Balaban J connectivity index is 1.02. The number of benzene rings is 10. The van der Waals surface area contributed by atoms with E-state index < -0.39 is 11.7 Å². The Hall–Kier alpha value is -12.3. The molecule has 0 saturated carbocycles. The lowest BCUT2D eigenvalue weighted by atomic mass is 9.96. The summed E-state index contributed by atoms with van der Waals surface area (Å²) in [6, 6.07) is 99.8. The quantitative estimate of drug-likeness (QED) is 0.129. The van der Waals surface area contributed by atoms with Crippen molar-refractivity contribution in [3.8, 4) is 119 Å². The summed E-state index contributed by atoms with van der Waals surface area (Å²) in [5.41, 5.74) is 16.1. The van der Waals surface area contributed by atoms with Crippen LogP contribution in [0, 0.1) is 11.3 Å². The van der Waals surface area contributed by atoms with E-state index in [0.717, 1.165) is 88.8 Å². The molecular formula is C82H50F3N7. The maximum Gasteiger partial charge on any atom is 0.416 e. The van der Waals surface area contributed by atoms with Crippen molar-refractivity contribution in [2.24, 2.45) is 0 Å². The molecule has 0 atom stereocenters. The molecule has 0 spiro atoms. The highest BCUT2D eigenvalue weighted by Crippen LogP contribution is 2.47. The molecule has 16 aromatic rings. The molecule has 0 saturated heterocycles. The Morgan fingerprint density at radius 3 is 0.826 bits per heavy atom. The summed E-state index contributed by atoms with van der Waals surface area (Å²) >= 11 is 0. The van der Waals surface area contributed by atoms with Crippen LogP contribution in [-0.2, 0) is 6.18 Å². The second-order valence-electron chi connectivity index (χ2n) is 22.8. The number of alkyl halides is 3. The minimum atomic E-state index is -4.87. The molecule has 0 N–H and O–H groups in total. The molecule has 0 bridgehead atoms. The van der Waals surface area contributed by atoms with Crippen LogP contribution < -0.4 is 0 Å². The van der Waals surface area contributed by atoms with Crippen LogP contribution in [-0.4, -0.2) is 29.1 Å². The molecule has 0 fully saturated rings. The van der Waals surface area contributed by atoms with Crippen LogP contribution in [0.4, 0.5) is 13.2 Å². The van der Waals surface area contributed by atoms with Crippen LogP contribution in [0.25, 0.3) is 156 Å². The van der Waals surface area contributed by atoms with Crippen molar-refractivity contribution in [1.29, 1.82) is 5.26 Å². The average Bonchev–Trinajstić information content (AvgIpc) is 1.48. The van der Waals surface area contributed by atoms with Crippen molar-refractivity contribution >= 4 is 43.6 Å². The lowest BCUT2D eigenvalue weighted by Gasteiger charge is -2.23. The highest BCUT2D eigenvalue weighted by molar-refractivity contribution is 6.14. The topological polar surface area (TPSA) is 85.2 Å². The first-order valence-corrected chi connectivity index (χ1v) is 30.2. The number of hydrogen-bond donors (Lipinski definition) is 0. The largest absolute Gasteiger partial charge is 0.416 e. The number of fused-ring (bicyclic) bond motifs is 6. The van der Waals surface area contributed by atoms with E-state index in [1.807, 2.05) is 282 Å². The zero-order chi connectivity index (χ0) is 61.9. The Bertz CT molecular complexity index is 4990. The summed E-state index contributed by atoms with van der Waals surface area (Å²) < 4.78 is 54.0. The van der Waals surface area contributed by atoms with Gasteiger partial charge >= 0.3 is 6.18 Å². The van der Waals surface area contributed by atoms with Gasteiger partial charge in [0.05, 0.1) is 96.2 Å². The normalized spacial score (nSPS) is 11.6.